The molecule has 18 heavy (non-hydrogen) atoms. The highest BCUT2D eigenvalue weighted by molar-refractivity contribution is 6.41. The Balaban J connectivity index is 1.92. The summed E-state index contributed by atoms with van der Waals surface area (Å²) in [6.07, 6.45) is 2.75. The lowest BCUT2D eigenvalue weighted by Crippen LogP contribution is -2.58. The molecule has 100 valence electrons. The Kier molecular flexibility index (Phi) is 3.32. The van der Waals surface area contributed by atoms with E-state index >= 15 is 0 Å². The monoisotopic (exact) mass is 252 g/mol. The van der Waals surface area contributed by atoms with Crippen LogP contribution in [0.3, 0.4) is 0 Å². The highest BCUT2D eigenvalue weighted by Gasteiger charge is 2.44. The Hall–Kier alpha value is -0.980. The molecular weight excluding hydrogens is 232 g/mol. The zero-order valence-electron chi connectivity index (χ0n) is 10.4. The van der Waals surface area contributed by atoms with Gasteiger partial charge in [-0.1, -0.05) is 5.16 Å². The lowest BCUT2D eigenvalue weighted by molar-refractivity contribution is -0.118. The molecule has 3 aliphatic rings. The van der Waals surface area contributed by atoms with Crippen molar-refractivity contribution in [2.24, 2.45) is 17.0 Å². The molecule has 4 N–H and O–H groups in total. The molecule has 0 aromatic heterocycles. The van der Waals surface area contributed by atoms with Gasteiger partial charge in [0, 0.05) is 18.5 Å². The van der Waals surface area contributed by atoms with Crippen LogP contribution in [0.1, 0.15) is 19.3 Å². The van der Waals surface area contributed by atoms with Crippen LogP contribution in [0.4, 0.5) is 0 Å². The Bertz CT molecular complexity index is 371. The number of rotatable bonds is 0. The minimum absolute atomic E-state index is 0.0246. The first-order valence-electron chi connectivity index (χ1n) is 6.77. The van der Waals surface area contributed by atoms with E-state index < -0.39 is 0 Å². The topological polar surface area (TPSA) is 85.8 Å². The lowest BCUT2D eigenvalue weighted by atomic mass is 9.84. The molecule has 3 rings (SSSR count). The van der Waals surface area contributed by atoms with E-state index in [-0.39, 0.29) is 29.8 Å². The first-order chi connectivity index (χ1) is 8.81. The fraction of sp³-hybridized carbons (Fsp3) is 0.833. The maximum atomic E-state index is 12.5. The average molecular weight is 252 g/mol. The van der Waals surface area contributed by atoms with E-state index in [4.69, 9.17) is 0 Å². The summed E-state index contributed by atoms with van der Waals surface area (Å²) in [6, 6.07) is 0.175. The Labute approximate surface area is 106 Å². The number of hydrogen-bond donors (Lipinski definition) is 4. The van der Waals surface area contributed by atoms with Crippen LogP contribution in [0, 0.1) is 11.8 Å². The Morgan fingerprint density at radius 2 is 2.11 bits per heavy atom. The smallest absolute Gasteiger partial charge is 0.186 e. The molecule has 0 saturated carbocycles. The molecule has 3 fully saturated rings. The van der Waals surface area contributed by atoms with Gasteiger partial charge >= 0.3 is 0 Å². The normalized spacial score (nSPS) is 43.1. The number of oxime groups is 1. The number of carbonyl (C=O) groups is 1. The van der Waals surface area contributed by atoms with Crippen molar-refractivity contribution < 1.29 is 10.0 Å². The van der Waals surface area contributed by atoms with Gasteiger partial charge < -0.3 is 15.8 Å². The highest BCUT2D eigenvalue weighted by Crippen LogP contribution is 2.27. The van der Waals surface area contributed by atoms with Crippen molar-refractivity contribution in [3.8, 4) is 0 Å². The second kappa shape index (κ2) is 4.95. The summed E-state index contributed by atoms with van der Waals surface area (Å²) < 4.78 is 0. The second-order valence-electron chi connectivity index (χ2n) is 5.40. The van der Waals surface area contributed by atoms with Crippen LogP contribution in [0.25, 0.3) is 0 Å². The van der Waals surface area contributed by atoms with Crippen LogP contribution in [0.15, 0.2) is 5.16 Å². The number of ketones is 1. The molecule has 0 aromatic rings. The first kappa shape index (κ1) is 12.1. The quantitative estimate of drug-likeness (QED) is 0.338. The number of fused-ring (bicyclic) bond motifs is 2. The van der Waals surface area contributed by atoms with Crippen LogP contribution < -0.4 is 16.0 Å². The number of hydrogen-bond acceptors (Lipinski definition) is 6. The zero-order valence-corrected chi connectivity index (χ0v) is 10.4. The van der Waals surface area contributed by atoms with Gasteiger partial charge in [0.25, 0.3) is 0 Å². The van der Waals surface area contributed by atoms with Crippen LogP contribution in [0.5, 0.6) is 0 Å². The molecule has 0 bridgehead atoms. The minimum atomic E-state index is -0.0877. The fourth-order valence-corrected chi connectivity index (χ4v) is 3.43. The van der Waals surface area contributed by atoms with E-state index in [0.717, 1.165) is 38.9 Å². The van der Waals surface area contributed by atoms with Crippen molar-refractivity contribution in [2.45, 2.75) is 31.5 Å². The number of piperidine rings is 2. The number of Topliss-reactive ketones (excluding diaryl/α,β-unsaturated/α-hetero) is 1. The summed E-state index contributed by atoms with van der Waals surface area (Å²) in [5.41, 5.74) is 0.380. The SMILES string of the molecule is O=C1C(=NO)C2CCNCC2NC2NCCCC12. The molecule has 6 nitrogen and oxygen atoms in total. The van der Waals surface area contributed by atoms with Crippen molar-refractivity contribution >= 4 is 11.5 Å². The average Bonchev–Trinajstić information content (AvgIpc) is 2.53. The van der Waals surface area contributed by atoms with Gasteiger partial charge in [0.2, 0.25) is 0 Å². The van der Waals surface area contributed by atoms with Crippen molar-refractivity contribution in [3.05, 3.63) is 0 Å². The van der Waals surface area contributed by atoms with Crippen LogP contribution in [-0.2, 0) is 4.79 Å². The largest absolute Gasteiger partial charge is 0.411 e. The molecule has 6 heteroatoms. The summed E-state index contributed by atoms with van der Waals surface area (Å²) in [4.78, 5) is 12.5. The van der Waals surface area contributed by atoms with Crippen molar-refractivity contribution in [3.63, 3.8) is 0 Å². The molecule has 0 radical (unpaired) electrons. The van der Waals surface area contributed by atoms with E-state index in [1.54, 1.807) is 0 Å². The van der Waals surface area contributed by atoms with Gasteiger partial charge in [-0.2, -0.15) is 0 Å². The summed E-state index contributed by atoms with van der Waals surface area (Å²) in [7, 11) is 0. The third-order valence-corrected chi connectivity index (χ3v) is 4.38. The Morgan fingerprint density at radius 1 is 1.22 bits per heavy atom. The van der Waals surface area contributed by atoms with Gasteiger partial charge in [-0.15, -0.1) is 0 Å². The third-order valence-electron chi connectivity index (χ3n) is 4.38. The number of carbonyl (C=O) groups excluding carboxylic acids is 1. The van der Waals surface area contributed by atoms with Crippen LogP contribution in [-0.4, -0.2) is 48.5 Å². The summed E-state index contributed by atoms with van der Waals surface area (Å²) >= 11 is 0. The molecule has 3 aliphatic heterocycles. The minimum Gasteiger partial charge on any atom is -0.411 e. The lowest BCUT2D eigenvalue weighted by Gasteiger charge is -2.34. The van der Waals surface area contributed by atoms with Gasteiger partial charge in [0.05, 0.1) is 12.1 Å². The van der Waals surface area contributed by atoms with E-state index in [2.05, 4.69) is 21.1 Å². The maximum Gasteiger partial charge on any atom is 0.186 e. The molecule has 4 unspecified atom stereocenters. The van der Waals surface area contributed by atoms with Gasteiger partial charge in [-0.25, -0.2) is 0 Å². The van der Waals surface area contributed by atoms with Crippen LogP contribution >= 0.6 is 0 Å². The molecule has 0 amide bonds. The molecule has 0 aromatic carbocycles. The van der Waals surface area contributed by atoms with Gasteiger partial charge in [0.15, 0.2) is 5.78 Å². The second-order valence-corrected chi connectivity index (χ2v) is 5.40. The van der Waals surface area contributed by atoms with Crippen molar-refractivity contribution in [1.82, 2.24) is 16.0 Å². The van der Waals surface area contributed by atoms with E-state index in [1.165, 1.54) is 0 Å². The van der Waals surface area contributed by atoms with E-state index in [0.29, 0.717) is 5.71 Å². The van der Waals surface area contributed by atoms with E-state index in [1.807, 2.05) is 0 Å². The van der Waals surface area contributed by atoms with Gasteiger partial charge in [0.1, 0.15) is 5.71 Å². The molecule has 3 heterocycles. The fourth-order valence-electron chi connectivity index (χ4n) is 3.43. The first-order valence-corrected chi connectivity index (χ1v) is 6.77. The summed E-state index contributed by atoms with van der Waals surface area (Å²) in [5, 5.41) is 22.8. The Morgan fingerprint density at radius 3 is 2.94 bits per heavy atom. The van der Waals surface area contributed by atoms with Gasteiger partial charge in [-0.3, -0.25) is 10.1 Å². The molecule has 3 saturated heterocycles. The van der Waals surface area contributed by atoms with Crippen molar-refractivity contribution in [2.75, 3.05) is 19.6 Å². The number of nitrogens with one attached hydrogen (secondary N) is 3. The molecule has 0 aliphatic carbocycles. The molecule has 4 atom stereocenters. The molecule has 0 spiro atoms. The third kappa shape index (κ3) is 1.94. The van der Waals surface area contributed by atoms with Gasteiger partial charge in [-0.05, 0) is 32.4 Å². The van der Waals surface area contributed by atoms with Crippen molar-refractivity contribution in [1.29, 1.82) is 0 Å². The zero-order chi connectivity index (χ0) is 12.5. The maximum absolute atomic E-state index is 12.5. The summed E-state index contributed by atoms with van der Waals surface area (Å²) in [5.74, 6) is -0.0250. The standard InChI is InChI=1S/C12H20N4O2/c17-11-8-2-1-4-14-12(8)15-9-6-13-5-3-7(9)10(11)16-18/h7-9,12-15,18H,1-6H2. The predicted molar refractivity (Wildman–Crippen MR) is 66.6 cm³/mol. The van der Waals surface area contributed by atoms with E-state index in [9.17, 15) is 10.0 Å². The summed E-state index contributed by atoms with van der Waals surface area (Å²) in [6.45, 7) is 2.64. The highest BCUT2D eigenvalue weighted by atomic mass is 16.4. The predicted octanol–water partition coefficient (Wildman–Crippen LogP) is -0.707. The number of nitrogens with zero attached hydrogens (tertiary/aromatic N) is 1. The van der Waals surface area contributed by atoms with Crippen LogP contribution in [0.2, 0.25) is 0 Å². The molecular formula is C12H20N4O2.